The van der Waals surface area contributed by atoms with Crippen LogP contribution in [0.2, 0.25) is 13.1 Å². The predicted octanol–water partition coefficient (Wildman–Crippen LogP) is 10.7. The molecule has 0 fully saturated rings. The zero-order valence-electron chi connectivity index (χ0n) is 22.3. The van der Waals surface area contributed by atoms with Crippen molar-refractivity contribution in [3.8, 4) is 22.3 Å². The van der Waals surface area contributed by atoms with E-state index < -0.39 is 17.0 Å². The molecule has 0 aliphatic rings. The third-order valence-corrected chi connectivity index (χ3v) is 5.49. The van der Waals surface area contributed by atoms with Crippen molar-refractivity contribution >= 4 is 28.1 Å². The first-order valence-corrected chi connectivity index (χ1v) is 19.6. The summed E-state index contributed by atoms with van der Waals surface area (Å²) in [5, 5.41) is 0. The number of rotatable bonds is 8. The zero-order chi connectivity index (χ0) is 26.4. The molecule has 36 heavy (non-hydrogen) atoms. The summed E-state index contributed by atoms with van der Waals surface area (Å²) >= 11 is -0.556. The van der Waals surface area contributed by atoms with Gasteiger partial charge in [0, 0.05) is 9.52 Å². The molecule has 0 heterocycles. The first-order chi connectivity index (χ1) is 17.6. The fourth-order valence-electron chi connectivity index (χ4n) is 3.68. The summed E-state index contributed by atoms with van der Waals surface area (Å²) < 4.78 is 0. The number of unbranched alkanes of at least 4 members (excludes halogenated alkanes) is 2. The molecule has 4 aromatic rings. The summed E-state index contributed by atoms with van der Waals surface area (Å²) in [5.41, 5.74) is 8.27. The third-order valence-electron chi connectivity index (χ3n) is 5.49. The Hall–Kier alpha value is -1.35. The van der Waals surface area contributed by atoms with Gasteiger partial charge in [-0.3, -0.25) is 0 Å². The maximum absolute atomic E-state index is 4.89. The van der Waals surface area contributed by atoms with Gasteiger partial charge in [-0.15, -0.1) is 34.4 Å². The van der Waals surface area contributed by atoms with Crippen LogP contribution >= 0.6 is 18.6 Å². The van der Waals surface area contributed by atoms with Crippen LogP contribution in [-0.4, -0.2) is 9.52 Å². The van der Waals surface area contributed by atoms with Gasteiger partial charge in [0.05, 0.1) is 0 Å². The van der Waals surface area contributed by atoms with Crippen LogP contribution in [0, 0.1) is 0 Å². The monoisotopic (exact) mass is 571 g/mol. The molecular weight excluding hydrogens is 531 g/mol. The Bertz CT molecular complexity index is 925. The Balaban J connectivity index is 0.000000296. The van der Waals surface area contributed by atoms with Crippen molar-refractivity contribution in [2.75, 3.05) is 0 Å². The molecule has 4 rings (SSSR count). The Labute approximate surface area is 239 Å². The molecular formula is C32H41Cl2SiTi-2. The van der Waals surface area contributed by atoms with Crippen LogP contribution in [0.3, 0.4) is 0 Å². The summed E-state index contributed by atoms with van der Waals surface area (Å²) in [6.45, 7) is 8.89. The second kappa shape index (κ2) is 21.7. The predicted molar refractivity (Wildman–Crippen MR) is 163 cm³/mol. The standard InChI is InChI=1S/2C15H17.C2H7Si.2ClH.Ti/c2*1-2-3-7-13-10-11-15(12-13)14-8-5-4-6-9-14;1-3-2;;;/h2*4-6,8-12H,2-3,7H2,1H3;3H,1-2H3;2*1H;/q2*-1;;;;+2/p-2. The molecule has 0 amide bonds. The van der Waals surface area contributed by atoms with E-state index in [1.807, 2.05) is 0 Å². The average Bonchev–Trinajstić information content (AvgIpc) is 3.59. The van der Waals surface area contributed by atoms with Gasteiger partial charge in [-0.2, -0.15) is 35.4 Å². The summed E-state index contributed by atoms with van der Waals surface area (Å²) in [6.07, 6.45) is 7.54. The van der Waals surface area contributed by atoms with E-state index in [1.165, 1.54) is 71.9 Å². The average molecular weight is 573 g/mol. The van der Waals surface area contributed by atoms with Gasteiger partial charge >= 0.3 is 35.6 Å². The normalized spacial score (nSPS) is 9.61. The molecule has 0 unspecified atom stereocenters. The number of benzene rings is 2. The van der Waals surface area contributed by atoms with Gasteiger partial charge < -0.3 is 0 Å². The van der Waals surface area contributed by atoms with Crippen LogP contribution in [-0.2, 0) is 29.9 Å². The molecule has 0 saturated carbocycles. The second-order valence-electron chi connectivity index (χ2n) is 8.60. The maximum atomic E-state index is 4.89. The number of hydrogen-bond donors (Lipinski definition) is 0. The molecule has 0 N–H and O–H groups in total. The van der Waals surface area contributed by atoms with Crippen LogP contribution in [0.25, 0.3) is 22.3 Å². The Morgan fingerprint density at radius 2 is 1.00 bits per heavy atom. The van der Waals surface area contributed by atoms with Gasteiger partial charge in [0.15, 0.2) is 0 Å². The van der Waals surface area contributed by atoms with Crippen molar-refractivity contribution in [1.82, 2.24) is 0 Å². The summed E-state index contributed by atoms with van der Waals surface area (Å²) in [6, 6.07) is 34.7. The van der Waals surface area contributed by atoms with Crippen molar-refractivity contribution in [1.29, 1.82) is 0 Å². The molecule has 4 aromatic carbocycles. The van der Waals surface area contributed by atoms with E-state index in [1.54, 1.807) is 0 Å². The number of halogens is 2. The number of aryl methyl sites for hydroxylation is 2. The van der Waals surface area contributed by atoms with E-state index in [-0.39, 0.29) is 0 Å². The fourth-order valence-corrected chi connectivity index (χ4v) is 3.68. The van der Waals surface area contributed by atoms with Crippen LogP contribution < -0.4 is 0 Å². The van der Waals surface area contributed by atoms with E-state index in [2.05, 4.69) is 124 Å². The minimum absolute atomic E-state index is 0.556. The molecule has 0 spiro atoms. The number of hydrogen-bond acceptors (Lipinski definition) is 0. The van der Waals surface area contributed by atoms with E-state index in [0.29, 0.717) is 0 Å². The van der Waals surface area contributed by atoms with Crippen molar-refractivity contribution in [2.45, 2.75) is 65.5 Å². The van der Waals surface area contributed by atoms with E-state index in [0.717, 1.165) is 9.52 Å². The first kappa shape index (κ1) is 32.7. The zero-order valence-corrected chi connectivity index (χ0v) is 26.5. The molecule has 0 nitrogen and oxygen atoms in total. The van der Waals surface area contributed by atoms with Crippen LogP contribution in [0.1, 0.15) is 50.7 Å². The topological polar surface area (TPSA) is 0 Å². The molecule has 0 bridgehead atoms. The van der Waals surface area contributed by atoms with Gasteiger partial charge in [-0.1, -0.05) is 126 Å². The molecule has 0 aromatic heterocycles. The summed E-state index contributed by atoms with van der Waals surface area (Å²) in [7, 11) is 10.5. The summed E-state index contributed by atoms with van der Waals surface area (Å²) in [5.74, 6) is 0. The summed E-state index contributed by atoms with van der Waals surface area (Å²) in [4.78, 5) is 0. The van der Waals surface area contributed by atoms with Gasteiger partial charge in [0.2, 0.25) is 0 Å². The van der Waals surface area contributed by atoms with Gasteiger partial charge in [-0.05, 0) is 0 Å². The first-order valence-electron chi connectivity index (χ1n) is 13.0. The van der Waals surface area contributed by atoms with Crippen LogP contribution in [0.4, 0.5) is 0 Å². The van der Waals surface area contributed by atoms with Gasteiger partial charge in [0.25, 0.3) is 0 Å². The van der Waals surface area contributed by atoms with E-state index in [4.69, 9.17) is 18.6 Å². The van der Waals surface area contributed by atoms with E-state index >= 15 is 0 Å². The van der Waals surface area contributed by atoms with Crippen LogP contribution in [0.15, 0.2) is 97.1 Å². The molecule has 0 atom stereocenters. The molecule has 193 valence electrons. The van der Waals surface area contributed by atoms with Crippen molar-refractivity contribution in [3.05, 3.63) is 108 Å². The molecule has 1 radical (unpaired) electrons. The van der Waals surface area contributed by atoms with Crippen LogP contribution in [0.5, 0.6) is 0 Å². The van der Waals surface area contributed by atoms with Crippen molar-refractivity contribution in [2.24, 2.45) is 0 Å². The minimum atomic E-state index is -0.556. The van der Waals surface area contributed by atoms with E-state index in [9.17, 15) is 0 Å². The SMILES string of the molecule is CCCCc1c[cH-]c(-c2ccccc2)c1.CCCCc1c[cH-]c(-c2ccccc2)c1.C[SiH]C.[Cl][Ti][Cl]. The fraction of sp³-hybridized carbons (Fsp3) is 0.312. The van der Waals surface area contributed by atoms with Crippen molar-refractivity contribution < 1.29 is 17.0 Å². The quantitative estimate of drug-likeness (QED) is 0.146. The van der Waals surface area contributed by atoms with Gasteiger partial charge in [0.1, 0.15) is 0 Å². The van der Waals surface area contributed by atoms with Gasteiger partial charge in [-0.25, -0.2) is 0 Å². The third kappa shape index (κ3) is 13.8. The Morgan fingerprint density at radius 3 is 1.31 bits per heavy atom. The second-order valence-corrected chi connectivity index (χ2v) is 12.3. The molecule has 0 saturated heterocycles. The van der Waals surface area contributed by atoms with Crippen molar-refractivity contribution in [3.63, 3.8) is 0 Å². The molecule has 4 heteroatoms. The molecule has 0 aliphatic carbocycles. The Kier molecular flexibility index (Phi) is 19.7. The Morgan fingerprint density at radius 1 is 0.667 bits per heavy atom. The molecule has 0 aliphatic heterocycles.